The quantitative estimate of drug-likeness (QED) is 0.775. The van der Waals surface area contributed by atoms with E-state index in [2.05, 4.69) is 0 Å². The molecule has 0 bridgehead atoms. The van der Waals surface area contributed by atoms with Crippen molar-refractivity contribution in [1.29, 1.82) is 0 Å². The summed E-state index contributed by atoms with van der Waals surface area (Å²) in [5.41, 5.74) is 0.733. The first-order valence-electron chi connectivity index (χ1n) is 4.52. The molecule has 0 atom stereocenters. The number of hydrogen-bond acceptors (Lipinski definition) is 1. The number of benzene rings is 2. The first-order valence-corrected chi connectivity index (χ1v) is 4.52. The molecule has 0 heterocycles. The number of halogens is 1. The van der Waals surface area contributed by atoms with E-state index >= 15 is 0 Å². The van der Waals surface area contributed by atoms with E-state index < -0.39 is 11.8 Å². The van der Waals surface area contributed by atoms with Gasteiger partial charge in [-0.1, -0.05) is 29.8 Å². The Balaban J connectivity index is 2.80. The molecule has 0 spiro atoms. The van der Waals surface area contributed by atoms with Crippen LogP contribution < -0.4 is 0 Å². The third-order valence-electron chi connectivity index (χ3n) is 2.34. The molecule has 0 saturated heterocycles. The predicted molar refractivity (Wildman–Crippen MR) is 55.6 cm³/mol. The number of carboxylic acid groups (broad SMARTS) is 1. The summed E-state index contributed by atoms with van der Waals surface area (Å²) >= 11 is 0. The Bertz CT molecular complexity index is 547. The van der Waals surface area contributed by atoms with Gasteiger partial charge in [-0.2, -0.15) is 0 Å². The van der Waals surface area contributed by atoms with Crippen LogP contribution in [0.5, 0.6) is 0 Å². The number of fused-ring (bicyclic) bond motifs is 1. The molecular formula is C12H9FO2. The summed E-state index contributed by atoms with van der Waals surface area (Å²) in [6.45, 7) is 1.91. The van der Waals surface area contributed by atoms with E-state index in [1.807, 2.05) is 13.0 Å². The van der Waals surface area contributed by atoms with Gasteiger partial charge in [0.2, 0.25) is 0 Å². The predicted octanol–water partition coefficient (Wildman–Crippen LogP) is 2.99. The molecule has 0 aliphatic rings. The molecule has 0 unspecified atom stereocenters. The van der Waals surface area contributed by atoms with Gasteiger partial charge in [0.15, 0.2) is 0 Å². The number of aromatic carboxylic acids is 1. The van der Waals surface area contributed by atoms with Crippen LogP contribution in [0.1, 0.15) is 15.9 Å². The summed E-state index contributed by atoms with van der Waals surface area (Å²) in [7, 11) is 0. The monoisotopic (exact) mass is 204 g/mol. The SMILES string of the molecule is Cc1ccc2c(F)c(C(=O)O)ccc2c1. The standard InChI is InChI=1S/C12H9FO2/c1-7-2-4-9-8(6-7)3-5-10(11(9)13)12(14)15/h2-6H,1H3,(H,14,15). The molecule has 0 radical (unpaired) electrons. The minimum absolute atomic E-state index is 0.286. The Hall–Kier alpha value is -1.90. The van der Waals surface area contributed by atoms with E-state index in [1.54, 1.807) is 18.2 Å². The van der Waals surface area contributed by atoms with Crippen molar-refractivity contribution in [1.82, 2.24) is 0 Å². The van der Waals surface area contributed by atoms with E-state index in [9.17, 15) is 9.18 Å². The van der Waals surface area contributed by atoms with Gasteiger partial charge in [-0.25, -0.2) is 9.18 Å². The van der Waals surface area contributed by atoms with Gasteiger partial charge >= 0.3 is 5.97 Å². The van der Waals surface area contributed by atoms with Gasteiger partial charge in [0.1, 0.15) is 5.82 Å². The average molecular weight is 204 g/mol. The van der Waals surface area contributed by atoms with Crippen LogP contribution in [0.25, 0.3) is 10.8 Å². The van der Waals surface area contributed by atoms with Crippen LogP contribution in [0.15, 0.2) is 30.3 Å². The zero-order chi connectivity index (χ0) is 11.0. The minimum atomic E-state index is -1.24. The molecular weight excluding hydrogens is 195 g/mol. The zero-order valence-corrected chi connectivity index (χ0v) is 8.12. The number of aryl methyl sites for hydroxylation is 1. The Morgan fingerprint density at radius 2 is 2.00 bits per heavy atom. The third kappa shape index (κ3) is 1.56. The highest BCUT2D eigenvalue weighted by atomic mass is 19.1. The van der Waals surface area contributed by atoms with Crippen LogP contribution in [0.4, 0.5) is 4.39 Å². The molecule has 15 heavy (non-hydrogen) atoms. The summed E-state index contributed by atoms with van der Waals surface area (Å²) in [4.78, 5) is 10.7. The van der Waals surface area contributed by atoms with Gasteiger partial charge < -0.3 is 5.11 Å². The number of hydrogen-bond donors (Lipinski definition) is 1. The molecule has 76 valence electrons. The van der Waals surface area contributed by atoms with Crippen molar-refractivity contribution in [3.63, 3.8) is 0 Å². The van der Waals surface area contributed by atoms with Gasteiger partial charge in [0.25, 0.3) is 0 Å². The molecule has 1 N–H and O–H groups in total. The van der Waals surface area contributed by atoms with Gasteiger partial charge in [0.05, 0.1) is 5.56 Å². The molecule has 3 heteroatoms. The third-order valence-corrected chi connectivity index (χ3v) is 2.34. The fraction of sp³-hybridized carbons (Fsp3) is 0.0833. The van der Waals surface area contributed by atoms with E-state index in [1.165, 1.54) is 6.07 Å². The van der Waals surface area contributed by atoms with Crippen LogP contribution >= 0.6 is 0 Å². The van der Waals surface area contributed by atoms with Crippen LogP contribution in [-0.4, -0.2) is 11.1 Å². The van der Waals surface area contributed by atoms with E-state index in [0.717, 1.165) is 10.9 Å². The lowest BCUT2D eigenvalue weighted by Gasteiger charge is -2.03. The van der Waals surface area contributed by atoms with E-state index in [4.69, 9.17) is 5.11 Å². The lowest BCUT2D eigenvalue weighted by atomic mass is 10.0. The van der Waals surface area contributed by atoms with Gasteiger partial charge in [-0.05, 0) is 18.4 Å². The second kappa shape index (κ2) is 3.35. The summed E-state index contributed by atoms with van der Waals surface area (Å²) in [6.07, 6.45) is 0. The second-order valence-corrected chi connectivity index (χ2v) is 3.46. The second-order valence-electron chi connectivity index (χ2n) is 3.46. The van der Waals surface area contributed by atoms with Gasteiger partial charge in [-0.15, -0.1) is 0 Å². The van der Waals surface area contributed by atoms with Crippen LogP contribution in [0, 0.1) is 12.7 Å². The molecule has 0 aliphatic heterocycles. The Morgan fingerprint density at radius 1 is 1.27 bits per heavy atom. The van der Waals surface area contributed by atoms with Crippen LogP contribution in [0.2, 0.25) is 0 Å². The van der Waals surface area contributed by atoms with E-state index in [-0.39, 0.29) is 5.56 Å². The van der Waals surface area contributed by atoms with Gasteiger partial charge in [-0.3, -0.25) is 0 Å². The molecule has 2 aromatic rings. The highest BCUT2D eigenvalue weighted by molar-refractivity contribution is 5.95. The maximum atomic E-state index is 13.7. The lowest BCUT2D eigenvalue weighted by molar-refractivity contribution is 0.0692. The smallest absolute Gasteiger partial charge is 0.338 e. The van der Waals surface area contributed by atoms with Crippen molar-refractivity contribution in [2.45, 2.75) is 6.92 Å². The molecule has 0 saturated carbocycles. The van der Waals surface area contributed by atoms with Crippen molar-refractivity contribution in [2.24, 2.45) is 0 Å². The largest absolute Gasteiger partial charge is 0.478 e. The summed E-state index contributed by atoms with van der Waals surface area (Å²) in [6, 6.07) is 8.10. The maximum absolute atomic E-state index is 13.7. The number of rotatable bonds is 1. The summed E-state index contributed by atoms with van der Waals surface area (Å²) < 4.78 is 13.7. The average Bonchev–Trinajstić information content (AvgIpc) is 2.17. The Labute approximate surface area is 86.0 Å². The number of carboxylic acids is 1. The minimum Gasteiger partial charge on any atom is -0.478 e. The molecule has 2 nitrogen and oxygen atoms in total. The van der Waals surface area contributed by atoms with E-state index in [0.29, 0.717) is 5.39 Å². The first kappa shape index (κ1) is 9.65. The van der Waals surface area contributed by atoms with Gasteiger partial charge in [0, 0.05) is 5.39 Å². The van der Waals surface area contributed by atoms with Crippen LogP contribution in [0.3, 0.4) is 0 Å². The molecule has 2 rings (SSSR count). The van der Waals surface area contributed by atoms with Crippen molar-refractivity contribution in [3.8, 4) is 0 Å². The Morgan fingerprint density at radius 3 is 2.67 bits per heavy atom. The molecule has 0 fully saturated rings. The topological polar surface area (TPSA) is 37.3 Å². The highest BCUT2D eigenvalue weighted by Gasteiger charge is 2.12. The zero-order valence-electron chi connectivity index (χ0n) is 8.12. The van der Waals surface area contributed by atoms with Crippen molar-refractivity contribution >= 4 is 16.7 Å². The fourth-order valence-corrected chi connectivity index (χ4v) is 1.58. The van der Waals surface area contributed by atoms with Crippen LogP contribution in [-0.2, 0) is 0 Å². The molecule has 2 aromatic carbocycles. The fourth-order valence-electron chi connectivity index (χ4n) is 1.58. The Kier molecular flexibility index (Phi) is 2.15. The first-order chi connectivity index (χ1) is 7.09. The van der Waals surface area contributed by atoms with Crippen molar-refractivity contribution < 1.29 is 14.3 Å². The lowest BCUT2D eigenvalue weighted by Crippen LogP contribution is -2.00. The highest BCUT2D eigenvalue weighted by Crippen LogP contribution is 2.22. The summed E-state index contributed by atoms with van der Waals surface area (Å²) in [5, 5.41) is 9.81. The normalized spacial score (nSPS) is 10.5. The molecule has 0 aromatic heterocycles. The molecule has 0 aliphatic carbocycles. The molecule has 0 amide bonds. The van der Waals surface area contributed by atoms with Crippen molar-refractivity contribution in [2.75, 3.05) is 0 Å². The number of carbonyl (C=O) groups is 1. The maximum Gasteiger partial charge on any atom is 0.338 e. The van der Waals surface area contributed by atoms with Crippen molar-refractivity contribution in [3.05, 3.63) is 47.3 Å². The summed E-state index contributed by atoms with van der Waals surface area (Å²) in [5.74, 6) is -1.91.